The number of rotatable bonds is 3. The number of likely N-dealkylation sites (tertiary alicyclic amines) is 2. The van der Waals surface area contributed by atoms with E-state index in [0.717, 1.165) is 45.6 Å². The average Bonchev–Trinajstić information content (AvgIpc) is 2.84. The number of amides is 1. The molecule has 4 heteroatoms. The summed E-state index contributed by atoms with van der Waals surface area (Å²) in [6.07, 6.45) is 3.24. The van der Waals surface area contributed by atoms with Crippen LogP contribution in [0.4, 0.5) is 0 Å². The molecule has 2 saturated heterocycles. The van der Waals surface area contributed by atoms with E-state index in [1.54, 1.807) is 0 Å². The van der Waals surface area contributed by atoms with Crippen molar-refractivity contribution in [2.75, 3.05) is 46.8 Å². The zero-order valence-corrected chi connectivity index (χ0v) is 14.6. The third kappa shape index (κ3) is 4.43. The summed E-state index contributed by atoms with van der Waals surface area (Å²) >= 11 is 0. The molecule has 1 unspecified atom stereocenters. The lowest BCUT2D eigenvalue weighted by Gasteiger charge is -2.41. The molecule has 1 amide bonds. The maximum absolute atomic E-state index is 12.7. The lowest BCUT2D eigenvalue weighted by atomic mass is 9.92. The standard InChI is InChI=1S/C17H33N3O/c1-17(2,3)20-10-7-15(8-11-20)16(21)19-9-6-14(13-19)12-18(4)5/h14-15H,6-13H2,1-5H3. The molecule has 4 nitrogen and oxygen atoms in total. The van der Waals surface area contributed by atoms with Crippen LogP contribution in [0.2, 0.25) is 0 Å². The Morgan fingerprint density at radius 2 is 1.71 bits per heavy atom. The fourth-order valence-corrected chi connectivity index (χ4v) is 3.75. The first kappa shape index (κ1) is 16.8. The van der Waals surface area contributed by atoms with Gasteiger partial charge in [-0.1, -0.05) is 0 Å². The van der Waals surface area contributed by atoms with Crippen LogP contribution in [0.5, 0.6) is 0 Å². The Balaban J connectivity index is 1.80. The molecule has 0 aliphatic carbocycles. The van der Waals surface area contributed by atoms with Gasteiger partial charge in [0.15, 0.2) is 0 Å². The molecule has 0 aromatic heterocycles. The number of hydrogen-bond donors (Lipinski definition) is 0. The maximum atomic E-state index is 12.7. The zero-order valence-electron chi connectivity index (χ0n) is 14.6. The van der Waals surface area contributed by atoms with Gasteiger partial charge in [0, 0.05) is 31.1 Å². The molecule has 0 aromatic rings. The minimum Gasteiger partial charge on any atom is -0.342 e. The van der Waals surface area contributed by atoms with E-state index in [1.165, 1.54) is 6.42 Å². The van der Waals surface area contributed by atoms with Crippen molar-refractivity contribution < 1.29 is 4.79 Å². The van der Waals surface area contributed by atoms with Crippen molar-refractivity contribution in [1.29, 1.82) is 0 Å². The molecule has 2 heterocycles. The highest BCUT2D eigenvalue weighted by Gasteiger charge is 2.34. The van der Waals surface area contributed by atoms with Gasteiger partial charge in [0.2, 0.25) is 5.91 Å². The van der Waals surface area contributed by atoms with Crippen LogP contribution in [0, 0.1) is 11.8 Å². The largest absolute Gasteiger partial charge is 0.342 e. The maximum Gasteiger partial charge on any atom is 0.225 e. The summed E-state index contributed by atoms with van der Waals surface area (Å²) in [4.78, 5) is 19.6. The Morgan fingerprint density at radius 1 is 1.10 bits per heavy atom. The molecule has 2 rings (SSSR count). The smallest absolute Gasteiger partial charge is 0.225 e. The van der Waals surface area contributed by atoms with Crippen LogP contribution in [0.3, 0.4) is 0 Å². The van der Waals surface area contributed by atoms with Crippen molar-refractivity contribution in [2.45, 2.75) is 45.6 Å². The predicted molar refractivity (Wildman–Crippen MR) is 87.3 cm³/mol. The first-order valence-corrected chi connectivity index (χ1v) is 8.46. The van der Waals surface area contributed by atoms with Crippen LogP contribution in [-0.4, -0.2) is 73.0 Å². The van der Waals surface area contributed by atoms with Crippen molar-refractivity contribution in [1.82, 2.24) is 14.7 Å². The van der Waals surface area contributed by atoms with E-state index in [2.05, 4.69) is 49.6 Å². The molecule has 2 aliphatic heterocycles. The van der Waals surface area contributed by atoms with Gasteiger partial charge in [0.1, 0.15) is 0 Å². The van der Waals surface area contributed by atoms with Gasteiger partial charge in [-0.2, -0.15) is 0 Å². The first-order valence-electron chi connectivity index (χ1n) is 8.46. The lowest BCUT2D eigenvalue weighted by Crippen LogP contribution is -2.48. The van der Waals surface area contributed by atoms with Gasteiger partial charge in [-0.25, -0.2) is 0 Å². The summed E-state index contributed by atoms with van der Waals surface area (Å²) in [6, 6.07) is 0. The van der Waals surface area contributed by atoms with Crippen molar-refractivity contribution in [3.8, 4) is 0 Å². The summed E-state index contributed by atoms with van der Waals surface area (Å²) in [7, 11) is 4.24. The van der Waals surface area contributed by atoms with Gasteiger partial charge in [0.05, 0.1) is 0 Å². The second kappa shape index (κ2) is 6.66. The zero-order chi connectivity index (χ0) is 15.6. The molecule has 1 atom stereocenters. The average molecular weight is 295 g/mol. The molecule has 0 N–H and O–H groups in total. The van der Waals surface area contributed by atoms with Crippen LogP contribution < -0.4 is 0 Å². The third-order valence-electron chi connectivity index (χ3n) is 5.01. The minimum absolute atomic E-state index is 0.235. The molecule has 0 saturated carbocycles. The molecule has 0 radical (unpaired) electrons. The van der Waals surface area contributed by atoms with E-state index in [0.29, 0.717) is 11.8 Å². The van der Waals surface area contributed by atoms with Gasteiger partial charge < -0.3 is 9.80 Å². The van der Waals surface area contributed by atoms with E-state index < -0.39 is 0 Å². The van der Waals surface area contributed by atoms with Crippen LogP contribution in [0.15, 0.2) is 0 Å². The van der Waals surface area contributed by atoms with E-state index >= 15 is 0 Å². The second-order valence-corrected chi connectivity index (χ2v) is 8.13. The number of piperidine rings is 1. The summed E-state index contributed by atoms with van der Waals surface area (Å²) in [5.74, 6) is 1.35. The Bertz CT molecular complexity index is 354. The Hall–Kier alpha value is -0.610. The highest BCUT2D eigenvalue weighted by molar-refractivity contribution is 5.79. The summed E-state index contributed by atoms with van der Waals surface area (Å²) in [6.45, 7) is 12.0. The van der Waals surface area contributed by atoms with E-state index in [-0.39, 0.29) is 11.5 Å². The number of carbonyl (C=O) groups excluding carboxylic acids is 1. The van der Waals surface area contributed by atoms with Gasteiger partial charge in [0.25, 0.3) is 0 Å². The van der Waals surface area contributed by atoms with Gasteiger partial charge in [-0.05, 0) is 73.1 Å². The first-order chi connectivity index (χ1) is 9.77. The third-order valence-corrected chi connectivity index (χ3v) is 5.01. The molecule has 0 spiro atoms. The Labute approximate surface area is 130 Å². The number of hydrogen-bond acceptors (Lipinski definition) is 3. The van der Waals surface area contributed by atoms with Crippen LogP contribution in [0.25, 0.3) is 0 Å². The number of nitrogens with zero attached hydrogens (tertiary/aromatic N) is 3. The van der Waals surface area contributed by atoms with Crippen LogP contribution >= 0.6 is 0 Å². The van der Waals surface area contributed by atoms with Gasteiger partial charge >= 0.3 is 0 Å². The Kier molecular flexibility index (Phi) is 5.31. The fraction of sp³-hybridized carbons (Fsp3) is 0.941. The van der Waals surface area contributed by atoms with Crippen molar-refractivity contribution >= 4 is 5.91 Å². The van der Waals surface area contributed by atoms with Crippen molar-refractivity contribution in [3.63, 3.8) is 0 Å². The molecule has 0 aromatic carbocycles. The summed E-state index contributed by atoms with van der Waals surface area (Å²) in [5.41, 5.74) is 0.235. The SMILES string of the molecule is CN(C)CC1CCN(C(=O)C2CCN(C(C)(C)C)CC2)C1. The van der Waals surface area contributed by atoms with E-state index in [1.807, 2.05) is 0 Å². The highest BCUT2D eigenvalue weighted by Crippen LogP contribution is 2.27. The van der Waals surface area contributed by atoms with E-state index in [4.69, 9.17) is 0 Å². The lowest BCUT2D eigenvalue weighted by molar-refractivity contribution is -0.136. The molecule has 0 bridgehead atoms. The quantitative estimate of drug-likeness (QED) is 0.796. The van der Waals surface area contributed by atoms with Crippen molar-refractivity contribution in [3.05, 3.63) is 0 Å². The minimum atomic E-state index is 0.235. The Morgan fingerprint density at radius 3 is 2.24 bits per heavy atom. The second-order valence-electron chi connectivity index (χ2n) is 8.13. The molecule has 2 fully saturated rings. The monoisotopic (exact) mass is 295 g/mol. The summed E-state index contributed by atoms with van der Waals surface area (Å²) in [5, 5.41) is 0. The fourth-order valence-electron chi connectivity index (χ4n) is 3.75. The molecule has 21 heavy (non-hydrogen) atoms. The number of carbonyl (C=O) groups is 1. The van der Waals surface area contributed by atoms with Crippen LogP contribution in [0.1, 0.15) is 40.0 Å². The molecule has 122 valence electrons. The van der Waals surface area contributed by atoms with Crippen LogP contribution in [-0.2, 0) is 4.79 Å². The predicted octanol–water partition coefficient (Wildman–Crippen LogP) is 1.91. The summed E-state index contributed by atoms with van der Waals surface area (Å²) < 4.78 is 0. The normalized spacial score (nSPS) is 25.8. The van der Waals surface area contributed by atoms with Gasteiger partial charge in [-0.15, -0.1) is 0 Å². The molecular formula is C17H33N3O. The van der Waals surface area contributed by atoms with Gasteiger partial charge in [-0.3, -0.25) is 9.69 Å². The molecule has 2 aliphatic rings. The van der Waals surface area contributed by atoms with Crippen molar-refractivity contribution in [2.24, 2.45) is 11.8 Å². The molecular weight excluding hydrogens is 262 g/mol. The topological polar surface area (TPSA) is 26.8 Å². The highest BCUT2D eigenvalue weighted by atomic mass is 16.2. The van der Waals surface area contributed by atoms with E-state index in [9.17, 15) is 4.79 Å².